The minimum absolute atomic E-state index is 0.0836. The molecule has 0 unspecified atom stereocenters. The molecule has 2 aromatic heterocycles. The van der Waals surface area contributed by atoms with Crippen LogP contribution in [0.2, 0.25) is 0 Å². The second-order valence-corrected chi connectivity index (χ2v) is 6.73. The number of nitrogens with zero attached hydrogens (tertiary/aromatic N) is 2. The highest BCUT2D eigenvalue weighted by atomic mass is 32.1. The molecule has 0 aromatic carbocycles. The first-order valence-electron chi connectivity index (χ1n) is 7.19. The Labute approximate surface area is 125 Å². The number of aromatic amines is 1. The minimum atomic E-state index is -0.210. The summed E-state index contributed by atoms with van der Waals surface area (Å²) in [6.45, 7) is 1.14. The molecule has 4 rings (SSSR count). The molecule has 1 N–H and O–H groups in total. The summed E-state index contributed by atoms with van der Waals surface area (Å²) in [6, 6.07) is 3.61. The van der Waals surface area contributed by atoms with Gasteiger partial charge in [-0.25, -0.2) is 5.10 Å². The van der Waals surface area contributed by atoms with Crippen molar-refractivity contribution < 1.29 is 4.79 Å². The average Bonchev–Trinajstić information content (AvgIpc) is 3.06. The Bertz CT molecular complexity index is 756. The summed E-state index contributed by atoms with van der Waals surface area (Å²) in [6.07, 6.45) is 4.11. The molecule has 0 spiro atoms. The number of thiophene rings is 1. The maximum Gasteiger partial charge on any atom is 0.264 e. The predicted octanol–water partition coefficient (Wildman–Crippen LogP) is 1.52. The zero-order valence-electron chi connectivity index (χ0n) is 11.5. The highest BCUT2D eigenvalue weighted by molar-refractivity contribution is 7.14. The summed E-state index contributed by atoms with van der Waals surface area (Å²) in [5, 5.41) is 6.51. The zero-order chi connectivity index (χ0) is 14.4. The fourth-order valence-electron chi connectivity index (χ4n) is 3.11. The molecule has 0 atom stereocenters. The van der Waals surface area contributed by atoms with Gasteiger partial charge in [0.15, 0.2) is 0 Å². The van der Waals surface area contributed by atoms with Gasteiger partial charge in [0.2, 0.25) is 0 Å². The Morgan fingerprint density at radius 2 is 2.14 bits per heavy atom. The third kappa shape index (κ3) is 2.19. The van der Waals surface area contributed by atoms with Crippen LogP contribution in [0, 0.1) is 0 Å². The lowest BCUT2D eigenvalue weighted by atomic mass is 10.1. The number of fused-ring (bicyclic) bond motifs is 2. The predicted molar refractivity (Wildman–Crippen MR) is 79.6 cm³/mol. The molecule has 1 aliphatic heterocycles. The minimum Gasteiger partial charge on any atom is -0.333 e. The first kappa shape index (κ1) is 12.8. The highest BCUT2D eigenvalue weighted by Crippen LogP contribution is 2.31. The number of hydrogen-bond acceptors (Lipinski definition) is 4. The van der Waals surface area contributed by atoms with E-state index in [0.717, 1.165) is 29.0 Å². The van der Waals surface area contributed by atoms with Crippen LogP contribution >= 0.6 is 11.3 Å². The second kappa shape index (κ2) is 4.80. The van der Waals surface area contributed by atoms with Crippen molar-refractivity contribution in [3.8, 4) is 0 Å². The van der Waals surface area contributed by atoms with Gasteiger partial charge in [0, 0.05) is 36.0 Å². The number of aryl methyl sites for hydroxylation is 2. The molecule has 0 fully saturated rings. The van der Waals surface area contributed by atoms with Gasteiger partial charge < -0.3 is 4.90 Å². The van der Waals surface area contributed by atoms with Crippen LogP contribution in [0.15, 0.2) is 16.9 Å². The molecule has 1 aliphatic carbocycles. The van der Waals surface area contributed by atoms with E-state index in [1.165, 1.54) is 16.9 Å². The van der Waals surface area contributed by atoms with Crippen LogP contribution in [0.1, 0.15) is 37.8 Å². The van der Waals surface area contributed by atoms with E-state index in [1.54, 1.807) is 17.4 Å². The first-order valence-corrected chi connectivity index (χ1v) is 8.01. The van der Waals surface area contributed by atoms with Crippen LogP contribution < -0.4 is 5.56 Å². The van der Waals surface area contributed by atoms with E-state index >= 15 is 0 Å². The van der Waals surface area contributed by atoms with Gasteiger partial charge in [-0.15, -0.1) is 11.3 Å². The number of carbonyl (C=O) groups excluding carboxylic acids is 1. The van der Waals surface area contributed by atoms with Gasteiger partial charge in [-0.05, 0) is 30.9 Å². The van der Waals surface area contributed by atoms with Crippen LogP contribution in [0.4, 0.5) is 0 Å². The van der Waals surface area contributed by atoms with Crippen LogP contribution in [0.5, 0.6) is 0 Å². The molecule has 5 nitrogen and oxygen atoms in total. The van der Waals surface area contributed by atoms with E-state index in [9.17, 15) is 9.59 Å². The topological polar surface area (TPSA) is 66.1 Å². The van der Waals surface area contributed by atoms with Crippen molar-refractivity contribution in [1.82, 2.24) is 15.1 Å². The van der Waals surface area contributed by atoms with E-state index < -0.39 is 0 Å². The number of nitrogens with one attached hydrogen (secondary N) is 1. The van der Waals surface area contributed by atoms with Crippen molar-refractivity contribution in [3.05, 3.63) is 49.1 Å². The standard InChI is InChI=1S/C15H15N3O2S/c19-14-7-10-8-18(5-4-11(10)16-17-14)15(20)13-6-9-2-1-3-12(9)21-13/h6-7H,1-5,8H2,(H,17,19). The summed E-state index contributed by atoms with van der Waals surface area (Å²) in [5.74, 6) is 0.0836. The van der Waals surface area contributed by atoms with Crippen LogP contribution in [-0.4, -0.2) is 27.5 Å². The van der Waals surface area contributed by atoms with Crippen molar-refractivity contribution in [1.29, 1.82) is 0 Å². The SMILES string of the molecule is O=C(c1cc2c(s1)CCC2)N1CCc2n[nH]c(=O)cc2C1. The molecular weight excluding hydrogens is 286 g/mol. The maximum atomic E-state index is 12.6. The van der Waals surface area contributed by atoms with Gasteiger partial charge >= 0.3 is 0 Å². The largest absolute Gasteiger partial charge is 0.333 e. The van der Waals surface area contributed by atoms with Gasteiger partial charge in [-0.2, -0.15) is 5.10 Å². The lowest BCUT2D eigenvalue weighted by Gasteiger charge is -2.27. The van der Waals surface area contributed by atoms with Gasteiger partial charge in [-0.1, -0.05) is 0 Å². The summed E-state index contributed by atoms with van der Waals surface area (Å²) in [7, 11) is 0. The van der Waals surface area contributed by atoms with Crippen LogP contribution in [0.25, 0.3) is 0 Å². The number of carbonyl (C=O) groups is 1. The molecule has 1 amide bonds. The number of aromatic nitrogens is 2. The quantitative estimate of drug-likeness (QED) is 0.868. The van der Waals surface area contributed by atoms with Gasteiger partial charge in [-0.3, -0.25) is 9.59 Å². The molecule has 108 valence electrons. The Hall–Kier alpha value is -1.95. The fraction of sp³-hybridized carbons (Fsp3) is 0.400. The maximum absolute atomic E-state index is 12.6. The smallest absolute Gasteiger partial charge is 0.264 e. The molecule has 6 heteroatoms. The van der Waals surface area contributed by atoms with E-state index in [2.05, 4.69) is 16.3 Å². The monoisotopic (exact) mass is 301 g/mol. The Balaban J connectivity index is 1.59. The fourth-order valence-corrected chi connectivity index (χ4v) is 4.33. The Morgan fingerprint density at radius 3 is 3.00 bits per heavy atom. The van der Waals surface area contributed by atoms with E-state index in [-0.39, 0.29) is 11.5 Å². The van der Waals surface area contributed by atoms with Gasteiger partial charge in [0.1, 0.15) is 0 Å². The first-order chi connectivity index (χ1) is 10.2. The molecule has 21 heavy (non-hydrogen) atoms. The highest BCUT2D eigenvalue weighted by Gasteiger charge is 2.26. The number of amides is 1. The van der Waals surface area contributed by atoms with E-state index in [0.29, 0.717) is 19.5 Å². The summed E-state index contributed by atoms with van der Waals surface area (Å²) >= 11 is 1.63. The third-order valence-electron chi connectivity index (χ3n) is 4.20. The molecule has 0 radical (unpaired) electrons. The van der Waals surface area contributed by atoms with E-state index in [1.807, 2.05) is 4.90 Å². The summed E-state index contributed by atoms with van der Waals surface area (Å²) < 4.78 is 0. The van der Waals surface area contributed by atoms with Gasteiger partial charge in [0.05, 0.1) is 10.6 Å². The molecule has 0 saturated carbocycles. The average molecular weight is 301 g/mol. The Morgan fingerprint density at radius 1 is 1.24 bits per heavy atom. The van der Waals surface area contributed by atoms with Crippen molar-refractivity contribution in [2.75, 3.05) is 6.54 Å². The van der Waals surface area contributed by atoms with Crippen LogP contribution in [-0.2, 0) is 25.8 Å². The lowest BCUT2D eigenvalue weighted by molar-refractivity contribution is 0.0738. The molecule has 3 heterocycles. The number of rotatable bonds is 1. The normalized spacial score (nSPS) is 16.7. The van der Waals surface area contributed by atoms with Gasteiger partial charge in [0.25, 0.3) is 11.5 Å². The zero-order valence-corrected chi connectivity index (χ0v) is 12.3. The second-order valence-electron chi connectivity index (χ2n) is 5.59. The number of H-pyrrole nitrogens is 1. The van der Waals surface area contributed by atoms with Crippen molar-refractivity contribution in [2.24, 2.45) is 0 Å². The van der Waals surface area contributed by atoms with Crippen LogP contribution in [0.3, 0.4) is 0 Å². The molecule has 0 saturated heterocycles. The summed E-state index contributed by atoms with van der Waals surface area (Å²) in [4.78, 5) is 28.0. The van der Waals surface area contributed by atoms with Crippen molar-refractivity contribution >= 4 is 17.2 Å². The summed E-state index contributed by atoms with van der Waals surface area (Å²) in [5.41, 5.74) is 2.90. The molecule has 0 bridgehead atoms. The Kier molecular flexibility index (Phi) is 2.92. The van der Waals surface area contributed by atoms with Crippen molar-refractivity contribution in [3.63, 3.8) is 0 Å². The molecule has 2 aromatic rings. The third-order valence-corrected chi connectivity index (χ3v) is 5.43. The van der Waals surface area contributed by atoms with Crippen molar-refractivity contribution in [2.45, 2.75) is 32.2 Å². The molecular formula is C15H15N3O2S. The lowest BCUT2D eigenvalue weighted by Crippen LogP contribution is -2.37. The molecule has 2 aliphatic rings. The van der Waals surface area contributed by atoms with E-state index in [4.69, 9.17) is 0 Å². The number of hydrogen-bond donors (Lipinski definition) is 1.